The first-order valence-corrected chi connectivity index (χ1v) is 9.67. The zero-order chi connectivity index (χ0) is 18.4. The summed E-state index contributed by atoms with van der Waals surface area (Å²) in [7, 11) is -3.85. The summed E-state index contributed by atoms with van der Waals surface area (Å²) < 4.78 is 26.2. The molecule has 1 aliphatic rings. The fourth-order valence-corrected chi connectivity index (χ4v) is 5.97. The fourth-order valence-electron chi connectivity index (χ4n) is 3.46. The number of carbonyl (C=O) groups is 1. The summed E-state index contributed by atoms with van der Waals surface area (Å²) in [5.41, 5.74) is 5.75. The molecule has 5 nitrogen and oxygen atoms in total. The Balaban J connectivity index is 2.10. The van der Waals surface area contributed by atoms with Crippen LogP contribution in [0.1, 0.15) is 17.0 Å². The number of nitrogens with two attached hydrogens (primary N) is 1. The van der Waals surface area contributed by atoms with Gasteiger partial charge in [0.2, 0.25) is 0 Å². The molecular weight excluding hydrogens is 362 g/mol. The highest BCUT2D eigenvalue weighted by Crippen LogP contribution is 2.63. The molecular formula is C18H18ClNO4S. The minimum Gasteiger partial charge on any atom is -0.481 e. The maximum absolute atomic E-state index is 13.1. The van der Waals surface area contributed by atoms with Crippen molar-refractivity contribution in [3.63, 3.8) is 0 Å². The van der Waals surface area contributed by atoms with Gasteiger partial charge in [-0.1, -0.05) is 41.4 Å². The van der Waals surface area contributed by atoms with E-state index < -0.39 is 32.4 Å². The van der Waals surface area contributed by atoms with E-state index in [2.05, 4.69) is 0 Å². The first kappa shape index (κ1) is 17.9. The summed E-state index contributed by atoms with van der Waals surface area (Å²) in [6, 6.07) is 12.9. The van der Waals surface area contributed by atoms with E-state index in [-0.39, 0.29) is 11.4 Å². The number of hydrogen-bond donors (Lipinski definition) is 2. The van der Waals surface area contributed by atoms with E-state index in [1.165, 1.54) is 12.1 Å². The standard InChI is InChI=1S/C18H18ClNO4S/c1-11-2-8-14(9-3-11)25(23,24)16-15(18(16,10-20)17(21)22)12-4-6-13(19)7-5-12/h2-9,15-16H,10,20H2,1H3,(H,21,22)/t15-,16-,18+/m1/s1. The second-order valence-electron chi connectivity index (χ2n) is 6.36. The van der Waals surface area contributed by atoms with Gasteiger partial charge in [0.15, 0.2) is 9.84 Å². The van der Waals surface area contributed by atoms with Crippen molar-refractivity contribution >= 4 is 27.4 Å². The average Bonchev–Trinajstić information content (AvgIpc) is 3.27. The molecule has 0 unspecified atom stereocenters. The van der Waals surface area contributed by atoms with Crippen LogP contribution < -0.4 is 5.73 Å². The third-order valence-corrected chi connectivity index (χ3v) is 7.45. The Bertz CT molecular complexity index is 909. The van der Waals surface area contributed by atoms with Gasteiger partial charge in [-0.15, -0.1) is 0 Å². The maximum atomic E-state index is 13.1. The van der Waals surface area contributed by atoms with E-state index in [0.717, 1.165) is 5.56 Å². The molecule has 3 N–H and O–H groups in total. The van der Waals surface area contributed by atoms with Crippen LogP contribution in [0.5, 0.6) is 0 Å². The van der Waals surface area contributed by atoms with Crippen LogP contribution in [0.25, 0.3) is 0 Å². The molecule has 0 spiro atoms. The molecule has 0 radical (unpaired) electrons. The van der Waals surface area contributed by atoms with E-state index >= 15 is 0 Å². The van der Waals surface area contributed by atoms with Crippen molar-refractivity contribution < 1.29 is 18.3 Å². The van der Waals surface area contributed by atoms with Crippen molar-refractivity contribution in [2.24, 2.45) is 11.1 Å². The summed E-state index contributed by atoms with van der Waals surface area (Å²) in [5.74, 6) is -1.91. The zero-order valence-electron chi connectivity index (χ0n) is 13.5. The minimum absolute atomic E-state index is 0.110. The molecule has 25 heavy (non-hydrogen) atoms. The van der Waals surface area contributed by atoms with Gasteiger partial charge in [-0.05, 0) is 36.8 Å². The van der Waals surface area contributed by atoms with Gasteiger partial charge in [0.1, 0.15) is 5.41 Å². The number of benzene rings is 2. The van der Waals surface area contributed by atoms with Crippen LogP contribution in [0.2, 0.25) is 5.02 Å². The molecule has 7 heteroatoms. The summed E-state index contributed by atoms with van der Waals surface area (Å²) in [6.45, 7) is 1.59. The van der Waals surface area contributed by atoms with Gasteiger partial charge in [0.25, 0.3) is 0 Å². The van der Waals surface area contributed by atoms with Crippen LogP contribution in [0.3, 0.4) is 0 Å². The van der Waals surface area contributed by atoms with Gasteiger partial charge in [0, 0.05) is 17.5 Å². The lowest BCUT2D eigenvalue weighted by molar-refractivity contribution is -0.143. The van der Waals surface area contributed by atoms with Crippen LogP contribution >= 0.6 is 11.6 Å². The largest absolute Gasteiger partial charge is 0.481 e. The first-order valence-electron chi connectivity index (χ1n) is 7.74. The minimum atomic E-state index is -3.85. The third kappa shape index (κ3) is 2.74. The van der Waals surface area contributed by atoms with Crippen molar-refractivity contribution in [2.75, 3.05) is 6.54 Å². The van der Waals surface area contributed by atoms with Gasteiger partial charge < -0.3 is 10.8 Å². The maximum Gasteiger partial charge on any atom is 0.312 e. The molecule has 1 saturated carbocycles. The molecule has 0 aliphatic heterocycles. The smallest absolute Gasteiger partial charge is 0.312 e. The molecule has 3 rings (SSSR count). The highest BCUT2D eigenvalue weighted by Gasteiger charge is 2.75. The molecule has 1 aliphatic carbocycles. The second kappa shape index (κ2) is 6.12. The zero-order valence-corrected chi connectivity index (χ0v) is 15.1. The Hall–Kier alpha value is -1.89. The Kier molecular flexibility index (Phi) is 4.39. The topological polar surface area (TPSA) is 97.5 Å². The molecule has 0 aromatic heterocycles. The molecule has 0 heterocycles. The normalized spacial score (nSPS) is 25.6. The van der Waals surface area contributed by atoms with Gasteiger partial charge in [0.05, 0.1) is 10.1 Å². The first-order chi connectivity index (χ1) is 11.7. The lowest BCUT2D eigenvalue weighted by Crippen LogP contribution is -2.31. The Morgan fingerprint density at radius 3 is 2.20 bits per heavy atom. The number of sulfone groups is 1. The number of carboxylic acids is 1. The van der Waals surface area contributed by atoms with E-state index in [0.29, 0.717) is 10.6 Å². The van der Waals surface area contributed by atoms with Crippen LogP contribution in [0.4, 0.5) is 0 Å². The molecule has 0 saturated heterocycles. The van der Waals surface area contributed by atoms with Crippen molar-refractivity contribution in [2.45, 2.75) is 23.0 Å². The molecule has 3 atom stereocenters. The molecule has 0 bridgehead atoms. The number of rotatable bonds is 5. The van der Waals surface area contributed by atoms with Crippen molar-refractivity contribution in [3.8, 4) is 0 Å². The predicted molar refractivity (Wildman–Crippen MR) is 95.5 cm³/mol. The molecule has 132 valence electrons. The summed E-state index contributed by atoms with van der Waals surface area (Å²) in [5, 5.41) is 9.14. The van der Waals surface area contributed by atoms with E-state index in [4.69, 9.17) is 17.3 Å². The van der Waals surface area contributed by atoms with E-state index in [9.17, 15) is 18.3 Å². The van der Waals surface area contributed by atoms with E-state index in [1.54, 1.807) is 36.4 Å². The average molecular weight is 380 g/mol. The number of aliphatic carboxylic acids is 1. The molecule has 2 aromatic rings. The number of halogens is 1. The van der Waals surface area contributed by atoms with Crippen LogP contribution in [0, 0.1) is 12.3 Å². The van der Waals surface area contributed by atoms with Gasteiger partial charge in [-0.3, -0.25) is 4.79 Å². The van der Waals surface area contributed by atoms with Crippen LogP contribution in [-0.4, -0.2) is 31.3 Å². The fraction of sp³-hybridized carbons (Fsp3) is 0.278. The Morgan fingerprint density at radius 2 is 1.72 bits per heavy atom. The SMILES string of the molecule is Cc1ccc(S(=O)(=O)[C@@H]2[C@@H](c3ccc(Cl)cc3)[C@]2(CN)C(=O)O)cc1. The lowest BCUT2D eigenvalue weighted by atomic mass is 9.99. The monoisotopic (exact) mass is 379 g/mol. The van der Waals surface area contributed by atoms with Gasteiger partial charge in [-0.25, -0.2) is 8.42 Å². The quantitative estimate of drug-likeness (QED) is 0.832. The molecule has 1 fully saturated rings. The Labute approximate surface area is 151 Å². The highest BCUT2D eigenvalue weighted by atomic mass is 35.5. The second-order valence-corrected chi connectivity index (χ2v) is 8.86. The Morgan fingerprint density at radius 1 is 1.16 bits per heavy atom. The van der Waals surface area contributed by atoms with E-state index in [1.807, 2.05) is 6.92 Å². The van der Waals surface area contributed by atoms with Crippen LogP contribution in [0.15, 0.2) is 53.4 Å². The molecule has 0 amide bonds. The van der Waals surface area contributed by atoms with Crippen molar-refractivity contribution in [1.82, 2.24) is 0 Å². The predicted octanol–water partition coefficient (Wildman–Crippen LogP) is 2.62. The van der Waals surface area contributed by atoms with Crippen molar-refractivity contribution in [3.05, 3.63) is 64.7 Å². The summed E-state index contributed by atoms with van der Waals surface area (Å²) >= 11 is 5.88. The third-order valence-electron chi connectivity index (χ3n) is 4.91. The number of aryl methyl sites for hydroxylation is 1. The molecule has 2 aromatic carbocycles. The van der Waals surface area contributed by atoms with Gasteiger partial charge >= 0.3 is 5.97 Å². The lowest BCUT2D eigenvalue weighted by Gasteiger charge is -2.10. The summed E-state index contributed by atoms with van der Waals surface area (Å²) in [4.78, 5) is 12.0. The summed E-state index contributed by atoms with van der Waals surface area (Å²) in [6.07, 6.45) is 0. The van der Waals surface area contributed by atoms with Crippen molar-refractivity contribution in [1.29, 1.82) is 0 Å². The van der Waals surface area contributed by atoms with Gasteiger partial charge in [-0.2, -0.15) is 0 Å². The number of carboxylic acid groups (broad SMARTS) is 1. The number of hydrogen-bond acceptors (Lipinski definition) is 4. The van der Waals surface area contributed by atoms with Crippen LogP contribution in [-0.2, 0) is 14.6 Å². The highest BCUT2D eigenvalue weighted by molar-refractivity contribution is 7.92.